The van der Waals surface area contributed by atoms with Gasteiger partial charge in [0.05, 0.1) is 19.9 Å². The number of aryl methyl sites for hydroxylation is 2. The van der Waals surface area contributed by atoms with Gasteiger partial charge < -0.3 is 19.7 Å². The van der Waals surface area contributed by atoms with Crippen LogP contribution in [-0.4, -0.2) is 64.6 Å². The van der Waals surface area contributed by atoms with Gasteiger partial charge in [0.25, 0.3) is 5.91 Å². The minimum Gasteiger partial charge on any atom is -0.486 e. The molecular formula is C26H29FN6O3. The average molecular weight is 493 g/mol. The van der Waals surface area contributed by atoms with Gasteiger partial charge in [0.2, 0.25) is 5.88 Å². The summed E-state index contributed by atoms with van der Waals surface area (Å²) in [4.78, 5) is 23.2. The predicted molar refractivity (Wildman–Crippen MR) is 131 cm³/mol. The molecule has 3 aromatic heterocycles. The molecule has 10 heteroatoms. The Morgan fingerprint density at radius 1 is 1.19 bits per heavy atom. The zero-order chi connectivity index (χ0) is 25.1. The quantitative estimate of drug-likeness (QED) is 0.561. The molecule has 9 nitrogen and oxygen atoms in total. The molecule has 1 saturated heterocycles. The average Bonchev–Trinajstić information content (AvgIpc) is 2.90. The number of carbonyl (C=O) groups is 1. The third-order valence-corrected chi connectivity index (χ3v) is 6.69. The van der Waals surface area contributed by atoms with Crippen molar-refractivity contribution in [1.29, 1.82) is 0 Å². The smallest absolute Gasteiger partial charge is 0.272 e. The van der Waals surface area contributed by atoms with Gasteiger partial charge >= 0.3 is 0 Å². The molecule has 3 atom stereocenters. The number of anilines is 1. The lowest BCUT2D eigenvalue weighted by atomic mass is 9.92. The lowest BCUT2D eigenvalue weighted by Gasteiger charge is -2.35. The molecule has 0 radical (unpaired) electrons. The summed E-state index contributed by atoms with van der Waals surface area (Å²) in [5, 5.41) is 11.5. The summed E-state index contributed by atoms with van der Waals surface area (Å²) < 4.78 is 25.8. The van der Waals surface area contributed by atoms with E-state index in [1.165, 1.54) is 18.9 Å². The van der Waals surface area contributed by atoms with Crippen molar-refractivity contribution in [3.05, 3.63) is 65.2 Å². The van der Waals surface area contributed by atoms with E-state index >= 15 is 0 Å². The first-order chi connectivity index (χ1) is 17.5. The highest BCUT2D eigenvalue weighted by atomic mass is 19.1. The first-order valence-electron chi connectivity index (χ1n) is 12.1. The fourth-order valence-electron chi connectivity index (χ4n) is 4.79. The van der Waals surface area contributed by atoms with E-state index in [1.54, 1.807) is 24.4 Å². The Bertz CT molecular complexity index is 1220. The van der Waals surface area contributed by atoms with Crippen LogP contribution in [0.15, 0.2) is 42.7 Å². The summed E-state index contributed by atoms with van der Waals surface area (Å²) in [6.45, 7) is 2.55. The Balaban J connectivity index is 1.18. The molecule has 2 aliphatic rings. The van der Waals surface area contributed by atoms with Gasteiger partial charge in [-0.1, -0.05) is 6.07 Å². The van der Waals surface area contributed by atoms with Crippen molar-refractivity contribution in [2.45, 2.75) is 50.9 Å². The molecule has 3 aromatic rings. The molecule has 0 bridgehead atoms. The summed E-state index contributed by atoms with van der Waals surface area (Å²) >= 11 is 0. The van der Waals surface area contributed by atoms with Crippen molar-refractivity contribution in [2.24, 2.45) is 0 Å². The molecule has 0 saturated carbocycles. The van der Waals surface area contributed by atoms with Gasteiger partial charge in [0.1, 0.15) is 11.9 Å². The van der Waals surface area contributed by atoms with E-state index in [4.69, 9.17) is 9.47 Å². The Morgan fingerprint density at radius 2 is 2.08 bits per heavy atom. The van der Waals surface area contributed by atoms with E-state index < -0.39 is 12.3 Å². The summed E-state index contributed by atoms with van der Waals surface area (Å²) in [7, 11) is 1.54. The van der Waals surface area contributed by atoms with E-state index in [0.717, 1.165) is 30.5 Å². The second-order valence-corrected chi connectivity index (χ2v) is 9.20. The Kier molecular flexibility index (Phi) is 6.92. The zero-order valence-corrected chi connectivity index (χ0v) is 20.4. The topological polar surface area (TPSA) is 102 Å². The zero-order valence-electron chi connectivity index (χ0n) is 20.4. The van der Waals surface area contributed by atoms with E-state index in [-0.39, 0.29) is 24.2 Å². The highest BCUT2D eigenvalue weighted by Gasteiger charge is 2.32. The fourth-order valence-corrected chi connectivity index (χ4v) is 4.79. The lowest BCUT2D eigenvalue weighted by Crippen LogP contribution is -2.47. The first kappa shape index (κ1) is 23.9. The highest BCUT2D eigenvalue weighted by Crippen LogP contribution is 2.26. The van der Waals surface area contributed by atoms with Crippen LogP contribution < -0.4 is 19.7 Å². The van der Waals surface area contributed by atoms with E-state index in [9.17, 15) is 9.18 Å². The maximum atomic E-state index is 15.0. The van der Waals surface area contributed by atoms with Crippen molar-refractivity contribution in [3.8, 4) is 11.6 Å². The fraction of sp³-hybridized carbons (Fsp3) is 0.423. The van der Waals surface area contributed by atoms with Crippen molar-refractivity contribution in [2.75, 3.05) is 25.1 Å². The van der Waals surface area contributed by atoms with Crippen molar-refractivity contribution in [3.63, 3.8) is 0 Å². The largest absolute Gasteiger partial charge is 0.486 e. The monoisotopic (exact) mass is 492 g/mol. The van der Waals surface area contributed by atoms with Crippen LogP contribution in [-0.2, 0) is 12.8 Å². The molecule has 0 spiro atoms. The summed E-state index contributed by atoms with van der Waals surface area (Å²) in [5.74, 6) is 1.30. The number of piperidine rings is 1. The third-order valence-electron chi connectivity index (χ3n) is 6.69. The van der Waals surface area contributed by atoms with Gasteiger partial charge in [-0.25, -0.2) is 9.37 Å². The molecule has 1 aliphatic carbocycles. The normalized spacial score (nSPS) is 21.4. The van der Waals surface area contributed by atoms with Gasteiger partial charge in [0.15, 0.2) is 17.7 Å². The number of nitrogens with zero attached hydrogens (tertiary/aromatic N) is 5. The first-order valence-corrected chi connectivity index (χ1v) is 12.1. The number of amides is 1. The van der Waals surface area contributed by atoms with Crippen molar-refractivity contribution in [1.82, 2.24) is 25.5 Å². The van der Waals surface area contributed by atoms with Crippen LogP contribution in [0.1, 0.15) is 40.2 Å². The predicted octanol–water partition coefficient (Wildman–Crippen LogP) is 2.87. The number of hydrogen-bond donors (Lipinski definition) is 1. The van der Waals surface area contributed by atoms with Gasteiger partial charge in [0, 0.05) is 37.0 Å². The van der Waals surface area contributed by atoms with Crippen LogP contribution >= 0.6 is 0 Å². The van der Waals surface area contributed by atoms with Crippen LogP contribution in [0.4, 0.5) is 10.2 Å². The molecule has 5 rings (SSSR count). The maximum absolute atomic E-state index is 15.0. The van der Waals surface area contributed by atoms with Crippen LogP contribution in [0.3, 0.4) is 0 Å². The van der Waals surface area contributed by atoms with Gasteiger partial charge in [-0.2, -0.15) is 0 Å². The molecular weight excluding hydrogens is 463 g/mol. The molecule has 4 heterocycles. The second kappa shape index (κ2) is 10.4. The number of nitrogens with one attached hydrogen (secondary N) is 1. The Hall–Kier alpha value is -3.82. The van der Waals surface area contributed by atoms with Gasteiger partial charge in [-0.05, 0) is 55.5 Å². The molecule has 188 valence electrons. The number of methoxy groups -OCH3 is 1. The maximum Gasteiger partial charge on any atom is 0.272 e. The van der Waals surface area contributed by atoms with Crippen LogP contribution in [0.25, 0.3) is 0 Å². The minimum atomic E-state index is -1.21. The number of ether oxygens (including phenoxy) is 2. The second-order valence-electron chi connectivity index (χ2n) is 9.20. The summed E-state index contributed by atoms with van der Waals surface area (Å²) in [6.07, 6.45) is 4.44. The standard InChI is InChI=1S/C26H29FN6O3/c1-16-12-22(26(34)30-18-5-7-21-17(13-18)4-3-10-28-21)31-32-25(16)33-11-9-23(20(27)15-33)36-19-6-8-24(35-2)29-14-19/h3-4,6,8,10,12,14,18,20,23H,5,7,9,11,13,15H2,1-2H3,(H,30,34)/t18-,20+,23-/m1/s1. The third kappa shape index (κ3) is 5.22. The number of hydrogen-bond acceptors (Lipinski definition) is 8. The molecule has 0 unspecified atom stereocenters. The van der Waals surface area contributed by atoms with Gasteiger partial charge in [-0.15, -0.1) is 10.2 Å². The van der Waals surface area contributed by atoms with Crippen LogP contribution in [0.5, 0.6) is 11.6 Å². The van der Waals surface area contributed by atoms with E-state index in [0.29, 0.717) is 30.4 Å². The van der Waals surface area contributed by atoms with Crippen molar-refractivity contribution < 1.29 is 18.7 Å². The molecule has 1 N–H and O–H groups in total. The number of fused-ring (bicyclic) bond motifs is 1. The number of alkyl halides is 1. The molecule has 1 fully saturated rings. The van der Waals surface area contributed by atoms with E-state index in [1.807, 2.05) is 17.9 Å². The van der Waals surface area contributed by atoms with Crippen LogP contribution in [0.2, 0.25) is 0 Å². The Morgan fingerprint density at radius 3 is 2.83 bits per heavy atom. The molecule has 1 aliphatic heterocycles. The number of halogens is 1. The lowest BCUT2D eigenvalue weighted by molar-refractivity contribution is 0.0814. The van der Waals surface area contributed by atoms with Crippen LogP contribution in [0, 0.1) is 6.92 Å². The SMILES string of the molecule is COc1ccc(O[C@@H]2CCN(c3nnc(C(=O)N[C@@H]4CCc5ncccc5C4)cc3C)C[C@@H]2F)cn1. The number of pyridine rings is 2. The van der Waals surface area contributed by atoms with E-state index in [2.05, 4.69) is 31.5 Å². The highest BCUT2D eigenvalue weighted by molar-refractivity contribution is 5.92. The minimum absolute atomic E-state index is 0.0307. The Labute approximate surface area is 209 Å². The molecule has 0 aromatic carbocycles. The number of carbonyl (C=O) groups excluding carboxylic acids is 1. The summed E-state index contributed by atoms with van der Waals surface area (Å²) in [5.41, 5.74) is 3.31. The molecule has 1 amide bonds. The summed E-state index contributed by atoms with van der Waals surface area (Å²) in [6, 6.07) is 9.12. The number of rotatable bonds is 6. The number of aromatic nitrogens is 4. The van der Waals surface area contributed by atoms with Gasteiger partial charge in [-0.3, -0.25) is 9.78 Å². The molecule has 36 heavy (non-hydrogen) atoms. The van der Waals surface area contributed by atoms with Crippen molar-refractivity contribution >= 4 is 11.7 Å².